The minimum atomic E-state index is -1.30. The number of anilines is 1. The van der Waals surface area contributed by atoms with Gasteiger partial charge in [-0.2, -0.15) is 0 Å². The highest BCUT2D eigenvalue weighted by molar-refractivity contribution is 6.31. The van der Waals surface area contributed by atoms with Crippen molar-refractivity contribution in [2.24, 2.45) is 5.41 Å². The number of hydrogen-bond donors (Lipinski definition) is 1. The third-order valence-corrected chi connectivity index (χ3v) is 7.50. The number of carbonyl (C=O) groups is 1. The molecule has 1 spiro atoms. The average molecular weight is 512 g/mol. The lowest BCUT2D eigenvalue weighted by molar-refractivity contribution is -0.403. The highest BCUT2D eigenvalue weighted by Gasteiger charge is 2.78. The van der Waals surface area contributed by atoms with E-state index < -0.39 is 28.9 Å². The predicted molar refractivity (Wildman–Crippen MR) is 134 cm³/mol. The van der Waals surface area contributed by atoms with Gasteiger partial charge in [-0.1, -0.05) is 35.7 Å². The highest BCUT2D eigenvalue weighted by Crippen LogP contribution is 2.68. The Labute approximate surface area is 216 Å². The van der Waals surface area contributed by atoms with Crippen molar-refractivity contribution in [3.63, 3.8) is 0 Å². The van der Waals surface area contributed by atoms with Crippen LogP contribution in [0.4, 0.5) is 5.69 Å². The SMILES string of the molecule is C#CCO[C@@]1(C)C[C@]2(C(=O)Nc3ccc(OCC)cc3)C[C@@]3(C)O[C@H](c4ccccc4Cl)C[C@@]2(O3)O1. The number of halogens is 1. The Kier molecular flexibility index (Phi) is 6.30. The Bertz CT molecular complexity index is 1200. The number of nitrogens with one attached hydrogen (secondary N) is 1. The van der Waals surface area contributed by atoms with E-state index in [2.05, 4.69) is 11.2 Å². The van der Waals surface area contributed by atoms with E-state index in [1.54, 1.807) is 6.92 Å². The van der Waals surface area contributed by atoms with Gasteiger partial charge < -0.3 is 29.0 Å². The van der Waals surface area contributed by atoms with Crippen LogP contribution in [-0.4, -0.2) is 36.5 Å². The van der Waals surface area contributed by atoms with E-state index in [0.29, 0.717) is 17.3 Å². The Morgan fingerprint density at radius 1 is 1.17 bits per heavy atom. The van der Waals surface area contributed by atoms with Gasteiger partial charge in [0.1, 0.15) is 17.8 Å². The molecule has 0 saturated carbocycles. The summed E-state index contributed by atoms with van der Waals surface area (Å²) < 4.78 is 30.9. The van der Waals surface area contributed by atoms with E-state index in [4.69, 9.17) is 41.7 Å². The first-order chi connectivity index (χ1) is 17.2. The Morgan fingerprint density at radius 3 is 2.61 bits per heavy atom. The van der Waals surface area contributed by atoms with Gasteiger partial charge in [0, 0.05) is 30.0 Å². The summed E-state index contributed by atoms with van der Waals surface area (Å²) in [4.78, 5) is 14.1. The van der Waals surface area contributed by atoms with Crippen LogP contribution in [0.25, 0.3) is 0 Å². The Hall–Kier alpha value is -2.60. The first kappa shape index (κ1) is 25.1. The number of terminal acetylenes is 1. The standard InChI is InChI=1S/C28H30ClNO6/c1-5-15-33-25(3)17-27(24(31)30-19-11-13-20(14-12-19)32-6-2)18-26(4)34-23(16-28(27,35-25)36-26)21-9-7-8-10-22(21)29/h1,7-14,23H,6,15-18H2,2-4H3,(H,30,31)/t23-,25+,26-,27+,28-/m0/s1. The maximum atomic E-state index is 14.1. The topological polar surface area (TPSA) is 75.3 Å². The molecule has 36 heavy (non-hydrogen) atoms. The summed E-state index contributed by atoms with van der Waals surface area (Å²) in [5, 5.41) is 3.65. The van der Waals surface area contributed by atoms with E-state index in [1.807, 2.05) is 62.4 Å². The summed E-state index contributed by atoms with van der Waals surface area (Å²) in [6.45, 7) is 6.16. The molecule has 1 amide bonds. The molecule has 3 aliphatic heterocycles. The van der Waals surface area contributed by atoms with Crippen LogP contribution in [-0.2, 0) is 23.7 Å². The molecule has 2 bridgehead atoms. The summed E-state index contributed by atoms with van der Waals surface area (Å²) in [5.74, 6) is -0.498. The third kappa shape index (κ3) is 4.17. The lowest BCUT2D eigenvalue weighted by Gasteiger charge is -2.44. The van der Waals surface area contributed by atoms with Crippen LogP contribution in [0, 0.1) is 17.8 Å². The van der Waals surface area contributed by atoms with Gasteiger partial charge in [0.25, 0.3) is 0 Å². The molecule has 3 saturated heterocycles. The lowest BCUT2D eigenvalue weighted by Crippen LogP contribution is -2.52. The summed E-state index contributed by atoms with van der Waals surface area (Å²) in [7, 11) is 0. The van der Waals surface area contributed by atoms with Gasteiger partial charge in [-0.15, -0.1) is 6.42 Å². The van der Waals surface area contributed by atoms with Crippen LogP contribution in [0.15, 0.2) is 48.5 Å². The fraction of sp³-hybridized carbons (Fsp3) is 0.464. The minimum Gasteiger partial charge on any atom is -0.494 e. The van der Waals surface area contributed by atoms with Crippen LogP contribution in [0.5, 0.6) is 5.75 Å². The average Bonchev–Trinajstić information content (AvgIpc) is 3.15. The number of amides is 1. The molecule has 5 rings (SSSR count). The predicted octanol–water partition coefficient (Wildman–Crippen LogP) is 5.44. The molecule has 0 aromatic heterocycles. The fourth-order valence-electron chi connectivity index (χ4n) is 5.92. The number of carbonyl (C=O) groups excluding carboxylic acids is 1. The van der Waals surface area contributed by atoms with Gasteiger partial charge in [-0.3, -0.25) is 4.79 Å². The second-order valence-electron chi connectivity index (χ2n) is 9.90. The van der Waals surface area contributed by atoms with Crippen molar-refractivity contribution in [2.75, 3.05) is 18.5 Å². The first-order valence-corrected chi connectivity index (χ1v) is 12.5. The molecule has 2 aromatic carbocycles. The second kappa shape index (κ2) is 9.05. The molecule has 0 aliphatic carbocycles. The monoisotopic (exact) mass is 511 g/mol. The molecule has 7 nitrogen and oxygen atoms in total. The molecule has 3 aliphatic rings. The summed E-state index contributed by atoms with van der Waals surface area (Å²) in [6, 6.07) is 14.8. The number of rotatable bonds is 7. The van der Waals surface area contributed by atoms with Crippen molar-refractivity contribution in [2.45, 2.75) is 63.5 Å². The molecule has 1 N–H and O–H groups in total. The summed E-state index contributed by atoms with van der Waals surface area (Å²) in [6.07, 6.45) is 5.81. The van der Waals surface area contributed by atoms with Gasteiger partial charge in [0.15, 0.2) is 17.4 Å². The molecule has 2 aromatic rings. The van der Waals surface area contributed by atoms with Gasteiger partial charge in [0.2, 0.25) is 5.91 Å². The third-order valence-electron chi connectivity index (χ3n) is 7.15. The van der Waals surface area contributed by atoms with Crippen LogP contribution in [0.2, 0.25) is 5.02 Å². The molecule has 8 heteroatoms. The van der Waals surface area contributed by atoms with Gasteiger partial charge in [-0.25, -0.2) is 0 Å². The smallest absolute Gasteiger partial charge is 0.236 e. The van der Waals surface area contributed by atoms with Crippen molar-refractivity contribution >= 4 is 23.2 Å². The van der Waals surface area contributed by atoms with Crippen LogP contribution in [0.3, 0.4) is 0 Å². The minimum absolute atomic E-state index is 0.0465. The quantitative estimate of drug-likeness (QED) is 0.499. The van der Waals surface area contributed by atoms with Crippen LogP contribution >= 0.6 is 11.6 Å². The normalized spacial score (nSPS) is 34.6. The Morgan fingerprint density at radius 2 is 1.92 bits per heavy atom. The fourth-order valence-corrected chi connectivity index (χ4v) is 6.17. The van der Waals surface area contributed by atoms with Crippen molar-refractivity contribution in [1.29, 1.82) is 0 Å². The Balaban J connectivity index is 1.51. The van der Waals surface area contributed by atoms with Crippen molar-refractivity contribution in [3.05, 3.63) is 59.1 Å². The summed E-state index contributed by atoms with van der Waals surface area (Å²) in [5.41, 5.74) is 0.360. The summed E-state index contributed by atoms with van der Waals surface area (Å²) >= 11 is 6.53. The number of hydrogen-bond acceptors (Lipinski definition) is 6. The largest absolute Gasteiger partial charge is 0.494 e. The van der Waals surface area contributed by atoms with Crippen molar-refractivity contribution < 1.29 is 28.5 Å². The number of benzene rings is 2. The molecule has 190 valence electrons. The van der Waals surface area contributed by atoms with E-state index >= 15 is 0 Å². The molecule has 3 fully saturated rings. The zero-order chi connectivity index (χ0) is 25.6. The van der Waals surface area contributed by atoms with Gasteiger partial charge in [-0.05, 0) is 56.7 Å². The second-order valence-corrected chi connectivity index (χ2v) is 10.3. The zero-order valence-electron chi connectivity index (χ0n) is 20.6. The van der Waals surface area contributed by atoms with E-state index in [1.165, 1.54) is 0 Å². The number of ether oxygens (including phenoxy) is 5. The van der Waals surface area contributed by atoms with E-state index in [9.17, 15) is 4.79 Å². The zero-order valence-corrected chi connectivity index (χ0v) is 21.4. The van der Waals surface area contributed by atoms with Crippen molar-refractivity contribution in [1.82, 2.24) is 0 Å². The molecular formula is C28H30ClNO6. The number of fused-ring (bicyclic) bond motifs is 1. The van der Waals surface area contributed by atoms with Gasteiger partial charge >= 0.3 is 0 Å². The first-order valence-electron chi connectivity index (χ1n) is 12.1. The van der Waals surface area contributed by atoms with Crippen LogP contribution in [0.1, 0.15) is 51.7 Å². The van der Waals surface area contributed by atoms with Gasteiger partial charge in [0.05, 0.1) is 12.7 Å². The molecular weight excluding hydrogens is 482 g/mol. The maximum absolute atomic E-state index is 14.1. The molecule has 0 radical (unpaired) electrons. The van der Waals surface area contributed by atoms with Crippen molar-refractivity contribution in [3.8, 4) is 18.1 Å². The molecule has 5 atom stereocenters. The van der Waals surface area contributed by atoms with Crippen LogP contribution < -0.4 is 10.1 Å². The highest BCUT2D eigenvalue weighted by atomic mass is 35.5. The molecule has 0 unspecified atom stereocenters. The lowest BCUT2D eigenvalue weighted by atomic mass is 9.72. The van der Waals surface area contributed by atoms with E-state index in [-0.39, 0.29) is 31.8 Å². The maximum Gasteiger partial charge on any atom is 0.236 e. The molecule has 3 heterocycles. The van der Waals surface area contributed by atoms with E-state index in [0.717, 1.165) is 11.3 Å².